The maximum atomic E-state index is 13.9. The van der Waals surface area contributed by atoms with Gasteiger partial charge in [0.05, 0.1) is 6.61 Å². The van der Waals surface area contributed by atoms with Gasteiger partial charge in [0.25, 0.3) is 0 Å². The Morgan fingerprint density at radius 2 is 1.80 bits per heavy atom. The van der Waals surface area contributed by atoms with Crippen molar-refractivity contribution in [3.05, 3.63) is 70.8 Å². The number of ether oxygens (including phenoxy) is 4. The molecule has 1 fully saturated rings. The smallest absolute Gasteiger partial charge is 0.356 e. The van der Waals surface area contributed by atoms with Crippen LogP contribution in [0.4, 0.5) is 0 Å². The van der Waals surface area contributed by atoms with Gasteiger partial charge in [0, 0.05) is 17.4 Å². The first-order valence-corrected chi connectivity index (χ1v) is 14.8. The molecule has 1 heterocycles. The second kappa shape index (κ2) is 11.8. The lowest BCUT2D eigenvalue weighted by molar-refractivity contribution is -0.179. The highest BCUT2D eigenvalue weighted by atomic mass is 16.6. The van der Waals surface area contributed by atoms with E-state index < -0.39 is 17.5 Å². The van der Waals surface area contributed by atoms with Gasteiger partial charge in [-0.1, -0.05) is 55.3 Å². The number of allylic oxidation sites excluding steroid dienone is 2. The van der Waals surface area contributed by atoms with Crippen molar-refractivity contribution >= 4 is 11.9 Å². The molecular formula is C34H42O6. The lowest BCUT2D eigenvalue weighted by Crippen LogP contribution is -2.46. The van der Waals surface area contributed by atoms with Gasteiger partial charge in [0.15, 0.2) is 0 Å². The van der Waals surface area contributed by atoms with Gasteiger partial charge >= 0.3 is 11.9 Å². The average molecular weight is 547 g/mol. The van der Waals surface area contributed by atoms with E-state index in [2.05, 4.69) is 39.8 Å². The van der Waals surface area contributed by atoms with Gasteiger partial charge < -0.3 is 18.9 Å². The van der Waals surface area contributed by atoms with Gasteiger partial charge in [-0.15, -0.1) is 0 Å². The third-order valence-corrected chi connectivity index (χ3v) is 8.68. The molecule has 2 aliphatic carbocycles. The number of hydrogen-bond donors (Lipinski definition) is 0. The van der Waals surface area contributed by atoms with Gasteiger partial charge in [-0.2, -0.15) is 0 Å². The first kappa shape index (κ1) is 28.4. The maximum Gasteiger partial charge on any atom is 0.356 e. The Hall–Kier alpha value is -3.12. The summed E-state index contributed by atoms with van der Waals surface area (Å²) in [5.74, 6) is 0.642. The zero-order valence-electron chi connectivity index (χ0n) is 24.3. The average Bonchev–Trinajstić information content (AvgIpc) is 3.38. The number of rotatable bonds is 9. The summed E-state index contributed by atoms with van der Waals surface area (Å²) in [7, 11) is 0. The number of carbonyl (C=O) groups excluding carboxylic acids is 2. The van der Waals surface area contributed by atoms with Crippen LogP contribution in [0.2, 0.25) is 0 Å². The van der Waals surface area contributed by atoms with Crippen LogP contribution in [0.5, 0.6) is 11.5 Å². The van der Waals surface area contributed by atoms with Gasteiger partial charge in [0.2, 0.25) is 5.60 Å². The molecule has 0 bridgehead atoms. The van der Waals surface area contributed by atoms with Crippen molar-refractivity contribution in [2.75, 3.05) is 6.61 Å². The number of fused-ring (bicyclic) bond motifs is 3. The normalized spacial score (nSPS) is 22.4. The minimum absolute atomic E-state index is 0.0967. The Bertz CT molecular complexity index is 1250. The van der Waals surface area contributed by atoms with E-state index in [1.165, 1.54) is 5.57 Å². The monoisotopic (exact) mass is 546 g/mol. The summed E-state index contributed by atoms with van der Waals surface area (Å²) in [4.78, 5) is 26.7. The summed E-state index contributed by atoms with van der Waals surface area (Å²) in [6, 6.07) is 13.8. The second-order valence-corrected chi connectivity index (χ2v) is 12.2. The molecule has 6 nitrogen and oxygen atoms in total. The van der Waals surface area contributed by atoms with Crippen LogP contribution in [0.1, 0.15) is 95.2 Å². The van der Waals surface area contributed by atoms with Gasteiger partial charge in [0.1, 0.15) is 23.7 Å². The number of esters is 2. The molecule has 1 unspecified atom stereocenters. The fraction of sp³-hybridized carbons (Fsp3) is 0.529. The molecule has 0 spiro atoms. The fourth-order valence-electron chi connectivity index (χ4n) is 6.64. The molecule has 214 valence electrons. The van der Waals surface area contributed by atoms with E-state index in [4.69, 9.17) is 18.9 Å². The molecular weight excluding hydrogens is 504 g/mol. The van der Waals surface area contributed by atoms with Gasteiger partial charge in [-0.25, -0.2) is 9.59 Å². The molecule has 2 aromatic rings. The standard InChI is InChI=1S/C34H42O6/c1-5-11-25-19-28(31-26-18-23(2)14-15-27(26)33(3,4)39-29(31)20-25)38-32(36)34(16-9-10-17-34)40-30(35)22-37-21-24-12-7-6-8-13-24/h6-8,12-13,18-20,26-27H,5,9-11,14-17,21-22H2,1-4H3/t26?,27-/m1/s1. The van der Waals surface area contributed by atoms with E-state index in [0.717, 1.165) is 61.0 Å². The molecule has 0 saturated heterocycles. The zero-order valence-corrected chi connectivity index (χ0v) is 24.3. The SMILES string of the molecule is CCCc1cc(OC(=O)C2(OC(=O)COCc3ccccc3)CCCC2)c2c(c1)OC(C)(C)[C@@H]1CCC(C)=CC21. The molecule has 0 aromatic heterocycles. The fourth-order valence-corrected chi connectivity index (χ4v) is 6.64. The summed E-state index contributed by atoms with van der Waals surface area (Å²) in [5.41, 5.74) is 2.69. The Balaban J connectivity index is 1.39. The van der Waals surface area contributed by atoms with Crippen molar-refractivity contribution in [1.29, 1.82) is 0 Å². The van der Waals surface area contributed by atoms with Gasteiger partial charge in [-0.05, 0) is 89.0 Å². The first-order chi connectivity index (χ1) is 19.2. The Labute approximate surface area is 238 Å². The lowest BCUT2D eigenvalue weighted by atomic mass is 9.68. The van der Waals surface area contributed by atoms with Crippen molar-refractivity contribution in [2.24, 2.45) is 5.92 Å². The molecule has 5 rings (SSSR count). The van der Waals surface area contributed by atoms with Crippen LogP contribution in [0, 0.1) is 5.92 Å². The van der Waals surface area contributed by atoms with Crippen molar-refractivity contribution in [3.63, 3.8) is 0 Å². The summed E-state index contributed by atoms with van der Waals surface area (Å²) >= 11 is 0. The van der Waals surface area contributed by atoms with Crippen molar-refractivity contribution in [2.45, 2.75) is 103 Å². The van der Waals surface area contributed by atoms with Crippen LogP contribution in [0.25, 0.3) is 0 Å². The minimum atomic E-state index is -1.30. The molecule has 1 aliphatic heterocycles. The molecule has 40 heavy (non-hydrogen) atoms. The van der Waals surface area contributed by atoms with Crippen LogP contribution < -0.4 is 9.47 Å². The molecule has 3 aliphatic rings. The van der Waals surface area contributed by atoms with Crippen LogP contribution in [0.15, 0.2) is 54.1 Å². The molecule has 1 saturated carbocycles. The minimum Gasteiger partial charge on any atom is -0.487 e. The molecule has 6 heteroatoms. The van der Waals surface area contributed by atoms with E-state index in [-0.39, 0.29) is 24.0 Å². The largest absolute Gasteiger partial charge is 0.487 e. The maximum absolute atomic E-state index is 13.9. The second-order valence-electron chi connectivity index (χ2n) is 12.2. The summed E-state index contributed by atoms with van der Waals surface area (Å²) in [6.07, 6.45) is 8.68. The van der Waals surface area contributed by atoms with Crippen LogP contribution in [0.3, 0.4) is 0 Å². The number of aryl methyl sites for hydroxylation is 1. The van der Waals surface area contributed by atoms with Crippen LogP contribution >= 0.6 is 0 Å². The highest BCUT2D eigenvalue weighted by Gasteiger charge is 2.49. The Kier molecular flexibility index (Phi) is 8.37. The quantitative estimate of drug-likeness (QED) is 0.188. The first-order valence-electron chi connectivity index (χ1n) is 14.8. The van der Waals surface area contributed by atoms with E-state index >= 15 is 0 Å². The third kappa shape index (κ3) is 5.97. The van der Waals surface area contributed by atoms with E-state index in [0.29, 0.717) is 25.2 Å². The molecule has 0 N–H and O–H groups in total. The predicted octanol–water partition coefficient (Wildman–Crippen LogP) is 7.23. The topological polar surface area (TPSA) is 71.1 Å². The van der Waals surface area contributed by atoms with E-state index in [1.54, 1.807) is 0 Å². The van der Waals surface area contributed by atoms with Crippen LogP contribution in [-0.2, 0) is 32.1 Å². The van der Waals surface area contributed by atoms with Crippen molar-refractivity contribution in [3.8, 4) is 11.5 Å². The highest BCUT2D eigenvalue weighted by Crippen LogP contribution is 2.54. The lowest BCUT2D eigenvalue weighted by Gasteiger charge is -2.46. The van der Waals surface area contributed by atoms with Crippen LogP contribution in [-0.4, -0.2) is 29.7 Å². The van der Waals surface area contributed by atoms with Crippen molar-refractivity contribution in [1.82, 2.24) is 0 Å². The molecule has 2 atom stereocenters. The number of hydrogen-bond acceptors (Lipinski definition) is 6. The summed E-state index contributed by atoms with van der Waals surface area (Å²) < 4.78 is 24.3. The third-order valence-electron chi connectivity index (χ3n) is 8.68. The van der Waals surface area contributed by atoms with E-state index in [1.807, 2.05) is 36.4 Å². The van der Waals surface area contributed by atoms with E-state index in [9.17, 15) is 9.59 Å². The van der Waals surface area contributed by atoms with Gasteiger partial charge in [-0.3, -0.25) is 0 Å². The zero-order chi connectivity index (χ0) is 28.3. The molecule has 0 radical (unpaired) electrons. The molecule has 2 aromatic carbocycles. The Morgan fingerprint density at radius 3 is 2.52 bits per heavy atom. The van der Waals surface area contributed by atoms with Crippen molar-refractivity contribution < 1.29 is 28.5 Å². The number of carbonyl (C=O) groups is 2. The predicted molar refractivity (Wildman–Crippen MR) is 153 cm³/mol. The summed E-state index contributed by atoms with van der Waals surface area (Å²) in [5, 5.41) is 0. The highest BCUT2D eigenvalue weighted by molar-refractivity contribution is 5.86. The Morgan fingerprint density at radius 1 is 1.05 bits per heavy atom. The number of benzene rings is 2. The molecule has 0 amide bonds. The summed E-state index contributed by atoms with van der Waals surface area (Å²) in [6.45, 7) is 8.70.